The first-order chi connectivity index (χ1) is 10.2. The lowest BCUT2D eigenvalue weighted by Gasteiger charge is -2.29. The number of rotatable bonds is 3. The Morgan fingerprint density at radius 3 is 2.81 bits per heavy atom. The number of para-hydroxylation sites is 1. The monoisotopic (exact) mass is 285 g/mol. The molecular weight excluding hydrogens is 270 g/mol. The second-order valence-corrected chi connectivity index (χ2v) is 4.79. The van der Waals surface area contributed by atoms with Crippen molar-refractivity contribution in [2.75, 3.05) is 6.61 Å². The number of carbonyl (C=O) groups is 2. The maximum atomic E-state index is 12.2. The van der Waals surface area contributed by atoms with Crippen LogP contribution in [0.1, 0.15) is 24.1 Å². The largest absolute Gasteiger partial charge is 0.465 e. The van der Waals surface area contributed by atoms with E-state index in [2.05, 4.69) is 4.98 Å². The van der Waals surface area contributed by atoms with Crippen LogP contribution >= 0.6 is 0 Å². The standard InChI is InChI=1S/C16H15NO4/c1-2-20-15(18)14-13(11-7-5-9-17-11)10-6-3-4-8-12(10)21-16(14)19/h3-9,13-14,17H,2H2,1H3/t13-,14+/m1/s1. The lowest BCUT2D eigenvalue weighted by Crippen LogP contribution is -2.39. The molecule has 2 atom stereocenters. The van der Waals surface area contributed by atoms with E-state index in [1.165, 1.54) is 0 Å². The first kappa shape index (κ1) is 13.4. The number of carbonyl (C=O) groups excluding carboxylic acids is 2. The number of H-pyrrole nitrogens is 1. The third kappa shape index (κ3) is 2.31. The van der Waals surface area contributed by atoms with E-state index in [-0.39, 0.29) is 6.61 Å². The minimum absolute atomic E-state index is 0.224. The summed E-state index contributed by atoms with van der Waals surface area (Å²) < 4.78 is 10.3. The molecule has 0 bridgehead atoms. The Balaban J connectivity index is 2.11. The quantitative estimate of drug-likeness (QED) is 0.533. The van der Waals surface area contributed by atoms with Crippen molar-refractivity contribution in [1.82, 2.24) is 4.98 Å². The van der Waals surface area contributed by atoms with E-state index in [4.69, 9.17) is 9.47 Å². The molecule has 1 aliphatic rings. The van der Waals surface area contributed by atoms with Crippen LogP contribution in [0.4, 0.5) is 0 Å². The van der Waals surface area contributed by atoms with Gasteiger partial charge < -0.3 is 14.5 Å². The molecule has 0 aliphatic carbocycles. The second kappa shape index (κ2) is 5.44. The Bertz CT molecular complexity index is 663. The van der Waals surface area contributed by atoms with E-state index in [1.54, 1.807) is 25.3 Å². The maximum Gasteiger partial charge on any atom is 0.326 e. The number of aromatic amines is 1. The molecule has 0 unspecified atom stereocenters. The van der Waals surface area contributed by atoms with Gasteiger partial charge in [-0.2, -0.15) is 0 Å². The molecule has 0 spiro atoms. The fraction of sp³-hybridized carbons (Fsp3) is 0.250. The van der Waals surface area contributed by atoms with Crippen molar-refractivity contribution in [3.63, 3.8) is 0 Å². The summed E-state index contributed by atoms with van der Waals surface area (Å²) in [7, 11) is 0. The molecule has 1 aliphatic heterocycles. The second-order valence-electron chi connectivity index (χ2n) is 4.79. The lowest BCUT2D eigenvalue weighted by molar-refractivity contribution is -0.158. The highest BCUT2D eigenvalue weighted by atomic mass is 16.6. The fourth-order valence-electron chi connectivity index (χ4n) is 2.67. The number of hydrogen-bond donors (Lipinski definition) is 1. The smallest absolute Gasteiger partial charge is 0.326 e. The Morgan fingerprint density at radius 2 is 2.10 bits per heavy atom. The topological polar surface area (TPSA) is 68.4 Å². The minimum Gasteiger partial charge on any atom is -0.465 e. The number of fused-ring (bicyclic) bond motifs is 1. The summed E-state index contributed by atoms with van der Waals surface area (Å²) in [6.45, 7) is 1.94. The maximum absolute atomic E-state index is 12.2. The number of ether oxygens (including phenoxy) is 2. The Labute approximate surface area is 121 Å². The van der Waals surface area contributed by atoms with Crippen LogP contribution in [0, 0.1) is 5.92 Å². The number of nitrogens with one attached hydrogen (secondary N) is 1. The number of esters is 2. The average molecular weight is 285 g/mol. The number of aromatic nitrogens is 1. The van der Waals surface area contributed by atoms with E-state index in [1.807, 2.05) is 24.3 Å². The summed E-state index contributed by atoms with van der Waals surface area (Å²) in [6, 6.07) is 10.9. The van der Waals surface area contributed by atoms with Crippen molar-refractivity contribution >= 4 is 11.9 Å². The van der Waals surface area contributed by atoms with Crippen molar-refractivity contribution in [3.8, 4) is 5.75 Å². The molecule has 1 aromatic carbocycles. The molecule has 3 rings (SSSR count). The Kier molecular flexibility index (Phi) is 3.48. The molecule has 108 valence electrons. The first-order valence-corrected chi connectivity index (χ1v) is 6.83. The van der Waals surface area contributed by atoms with Gasteiger partial charge in [-0.1, -0.05) is 18.2 Å². The van der Waals surface area contributed by atoms with Gasteiger partial charge in [-0.05, 0) is 25.1 Å². The van der Waals surface area contributed by atoms with Crippen LogP contribution in [-0.2, 0) is 14.3 Å². The van der Waals surface area contributed by atoms with Crippen LogP contribution in [0.25, 0.3) is 0 Å². The van der Waals surface area contributed by atoms with Gasteiger partial charge in [0, 0.05) is 17.5 Å². The van der Waals surface area contributed by atoms with Crippen LogP contribution < -0.4 is 4.74 Å². The van der Waals surface area contributed by atoms with Crippen molar-refractivity contribution < 1.29 is 19.1 Å². The van der Waals surface area contributed by atoms with Crippen LogP contribution in [0.5, 0.6) is 5.75 Å². The third-order valence-electron chi connectivity index (χ3n) is 3.55. The van der Waals surface area contributed by atoms with E-state index < -0.39 is 23.8 Å². The highest BCUT2D eigenvalue weighted by Gasteiger charge is 2.44. The van der Waals surface area contributed by atoms with Crippen LogP contribution in [0.3, 0.4) is 0 Å². The lowest BCUT2D eigenvalue weighted by atomic mass is 9.81. The van der Waals surface area contributed by atoms with Crippen molar-refractivity contribution in [1.29, 1.82) is 0 Å². The normalized spacial score (nSPS) is 20.5. The predicted octanol–water partition coefficient (Wildman–Crippen LogP) is 2.24. The van der Waals surface area contributed by atoms with Crippen LogP contribution in [0.2, 0.25) is 0 Å². The Hall–Kier alpha value is -2.56. The van der Waals surface area contributed by atoms with Gasteiger partial charge in [-0.25, -0.2) is 0 Å². The van der Waals surface area contributed by atoms with Crippen molar-refractivity contribution in [2.45, 2.75) is 12.8 Å². The third-order valence-corrected chi connectivity index (χ3v) is 3.55. The van der Waals surface area contributed by atoms with Gasteiger partial charge in [0.1, 0.15) is 5.75 Å². The van der Waals surface area contributed by atoms with Gasteiger partial charge in [-0.3, -0.25) is 9.59 Å². The molecule has 0 radical (unpaired) electrons. The predicted molar refractivity (Wildman–Crippen MR) is 74.8 cm³/mol. The number of hydrogen-bond acceptors (Lipinski definition) is 4. The molecule has 0 amide bonds. The van der Waals surface area contributed by atoms with E-state index in [9.17, 15) is 9.59 Å². The minimum atomic E-state index is -0.988. The SMILES string of the molecule is CCOC(=O)[C@H]1C(=O)Oc2ccccc2[C@@H]1c1ccc[nH]1. The van der Waals surface area contributed by atoms with Gasteiger partial charge in [0.2, 0.25) is 0 Å². The van der Waals surface area contributed by atoms with Crippen molar-refractivity contribution in [3.05, 3.63) is 53.9 Å². The van der Waals surface area contributed by atoms with E-state index in [0.717, 1.165) is 11.3 Å². The van der Waals surface area contributed by atoms with Gasteiger partial charge in [-0.15, -0.1) is 0 Å². The van der Waals surface area contributed by atoms with Gasteiger partial charge in [0.25, 0.3) is 0 Å². The highest BCUT2D eigenvalue weighted by molar-refractivity contribution is 5.99. The summed E-state index contributed by atoms with van der Waals surface area (Å²) in [5.41, 5.74) is 1.59. The molecule has 0 fully saturated rings. The van der Waals surface area contributed by atoms with Gasteiger partial charge >= 0.3 is 11.9 Å². The van der Waals surface area contributed by atoms with Crippen LogP contribution in [0.15, 0.2) is 42.6 Å². The fourth-order valence-corrected chi connectivity index (χ4v) is 2.67. The zero-order chi connectivity index (χ0) is 14.8. The summed E-state index contributed by atoms with van der Waals surface area (Å²) in [4.78, 5) is 27.5. The molecule has 1 N–H and O–H groups in total. The number of benzene rings is 1. The molecule has 5 nitrogen and oxygen atoms in total. The molecule has 21 heavy (non-hydrogen) atoms. The summed E-state index contributed by atoms with van der Waals surface area (Å²) in [6.07, 6.45) is 1.76. The molecule has 2 aromatic rings. The summed E-state index contributed by atoms with van der Waals surface area (Å²) in [5.74, 6) is -2.05. The summed E-state index contributed by atoms with van der Waals surface area (Å²) >= 11 is 0. The van der Waals surface area contributed by atoms with Crippen molar-refractivity contribution in [2.24, 2.45) is 5.92 Å². The molecular formula is C16H15NO4. The zero-order valence-corrected chi connectivity index (χ0v) is 11.5. The van der Waals surface area contributed by atoms with E-state index >= 15 is 0 Å². The highest BCUT2D eigenvalue weighted by Crippen LogP contribution is 2.41. The average Bonchev–Trinajstić information content (AvgIpc) is 2.99. The molecule has 1 aromatic heterocycles. The zero-order valence-electron chi connectivity index (χ0n) is 11.5. The molecule has 0 saturated heterocycles. The molecule has 2 heterocycles. The summed E-state index contributed by atoms with van der Waals surface area (Å²) in [5, 5.41) is 0. The van der Waals surface area contributed by atoms with Gasteiger partial charge in [0.15, 0.2) is 5.92 Å². The molecule has 0 saturated carbocycles. The molecule has 5 heteroatoms. The van der Waals surface area contributed by atoms with E-state index in [0.29, 0.717) is 5.75 Å². The first-order valence-electron chi connectivity index (χ1n) is 6.83. The Morgan fingerprint density at radius 1 is 1.29 bits per heavy atom. The van der Waals surface area contributed by atoms with Gasteiger partial charge in [0.05, 0.1) is 12.5 Å². The van der Waals surface area contributed by atoms with Crippen LogP contribution in [-0.4, -0.2) is 23.5 Å².